The number of nitrogens with zero attached hydrogens (tertiary/aromatic N) is 2. The molecule has 2 saturated carbocycles. The quantitative estimate of drug-likeness (QED) is 0.788. The molecule has 1 unspecified atom stereocenters. The summed E-state index contributed by atoms with van der Waals surface area (Å²) in [4.78, 5) is 41.0. The first-order valence-corrected chi connectivity index (χ1v) is 11.8. The first-order chi connectivity index (χ1) is 15.5. The number of benzene rings is 1. The number of aromatic nitrogens is 1. The highest BCUT2D eigenvalue weighted by Gasteiger charge is 2.59. The molecule has 2 amide bonds. The predicted octanol–water partition coefficient (Wildman–Crippen LogP) is 2.92. The van der Waals surface area contributed by atoms with Gasteiger partial charge in [-0.1, -0.05) is 43.2 Å². The minimum Gasteiger partial charge on any atom is -0.355 e. The lowest BCUT2D eigenvalue weighted by atomic mass is 9.95. The summed E-state index contributed by atoms with van der Waals surface area (Å²) >= 11 is 0. The number of rotatable bonds is 5. The van der Waals surface area contributed by atoms with Gasteiger partial charge in [-0.2, -0.15) is 0 Å². The van der Waals surface area contributed by atoms with Gasteiger partial charge in [0.2, 0.25) is 5.91 Å². The molecule has 2 heterocycles. The van der Waals surface area contributed by atoms with Gasteiger partial charge in [-0.25, -0.2) is 0 Å². The van der Waals surface area contributed by atoms with Crippen LogP contribution in [0, 0.1) is 11.3 Å². The Balaban J connectivity index is 1.41. The van der Waals surface area contributed by atoms with Crippen molar-refractivity contribution in [3.63, 3.8) is 0 Å². The van der Waals surface area contributed by atoms with Gasteiger partial charge in [0, 0.05) is 38.8 Å². The molecule has 6 nitrogen and oxygen atoms in total. The second-order valence-corrected chi connectivity index (χ2v) is 9.66. The molecular formula is C26H31N3O3. The number of hydrogen-bond donors (Lipinski definition) is 1. The second-order valence-electron chi connectivity index (χ2n) is 9.66. The van der Waals surface area contributed by atoms with Crippen molar-refractivity contribution in [2.24, 2.45) is 11.3 Å². The normalized spacial score (nSPS) is 20.8. The molecule has 1 atom stereocenters. The molecule has 2 fully saturated rings. The molecule has 6 heteroatoms. The van der Waals surface area contributed by atoms with E-state index < -0.39 is 0 Å². The fraction of sp³-hybridized carbons (Fsp3) is 0.500. The summed E-state index contributed by atoms with van der Waals surface area (Å²) in [7, 11) is 1.56. The summed E-state index contributed by atoms with van der Waals surface area (Å²) in [6, 6.07) is 10.0. The number of fused-ring (bicyclic) bond motifs is 1. The lowest BCUT2D eigenvalue weighted by Gasteiger charge is -2.31. The molecule has 0 radical (unpaired) electrons. The summed E-state index contributed by atoms with van der Waals surface area (Å²) in [5, 5.41) is 2.64. The van der Waals surface area contributed by atoms with Gasteiger partial charge < -0.3 is 14.8 Å². The van der Waals surface area contributed by atoms with Crippen molar-refractivity contribution >= 4 is 11.8 Å². The molecule has 2 aromatic rings. The van der Waals surface area contributed by atoms with Crippen LogP contribution in [-0.4, -0.2) is 34.9 Å². The van der Waals surface area contributed by atoms with E-state index in [9.17, 15) is 14.4 Å². The zero-order valence-corrected chi connectivity index (χ0v) is 18.7. The Labute approximate surface area is 188 Å². The first kappa shape index (κ1) is 21.0. The van der Waals surface area contributed by atoms with Crippen LogP contribution < -0.4 is 10.9 Å². The van der Waals surface area contributed by atoms with Crippen molar-refractivity contribution in [3.05, 3.63) is 69.1 Å². The van der Waals surface area contributed by atoms with Crippen LogP contribution in [0.2, 0.25) is 0 Å². The molecule has 1 aliphatic heterocycles. The summed E-state index contributed by atoms with van der Waals surface area (Å²) < 4.78 is 1.65. The van der Waals surface area contributed by atoms with E-state index in [1.807, 2.05) is 41.4 Å². The van der Waals surface area contributed by atoms with Gasteiger partial charge in [0.15, 0.2) is 0 Å². The van der Waals surface area contributed by atoms with Crippen LogP contribution in [0.25, 0.3) is 0 Å². The van der Waals surface area contributed by atoms with Crippen LogP contribution in [0.4, 0.5) is 0 Å². The topological polar surface area (TPSA) is 71.4 Å². The molecule has 0 saturated heterocycles. The number of carbonyl (C=O) groups is 2. The molecule has 1 N–H and O–H groups in total. The molecule has 1 aromatic heterocycles. The molecule has 3 aliphatic rings. The van der Waals surface area contributed by atoms with Gasteiger partial charge in [0.25, 0.3) is 11.5 Å². The molecule has 1 spiro atoms. The summed E-state index contributed by atoms with van der Waals surface area (Å²) in [6.07, 6.45) is 9.05. The second kappa shape index (κ2) is 8.23. The lowest BCUT2D eigenvalue weighted by molar-refractivity contribution is -0.134. The fourth-order valence-electron chi connectivity index (χ4n) is 5.87. The van der Waals surface area contributed by atoms with Gasteiger partial charge in [-0.05, 0) is 54.2 Å². The molecule has 5 rings (SSSR count). The van der Waals surface area contributed by atoms with Crippen LogP contribution >= 0.6 is 0 Å². The number of amides is 2. The Morgan fingerprint density at radius 1 is 1.16 bits per heavy atom. The van der Waals surface area contributed by atoms with E-state index >= 15 is 0 Å². The smallest absolute Gasteiger partial charge is 0.263 e. The summed E-state index contributed by atoms with van der Waals surface area (Å²) in [6.45, 7) is 1.56. The van der Waals surface area contributed by atoms with Crippen molar-refractivity contribution in [2.45, 2.75) is 58.0 Å². The maximum atomic E-state index is 13.2. The Kier molecular flexibility index (Phi) is 5.39. The monoisotopic (exact) mass is 433 g/mol. The number of nitrogens with one attached hydrogen (secondary N) is 1. The van der Waals surface area contributed by atoms with Gasteiger partial charge in [0.1, 0.15) is 5.56 Å². The Hall–Kier alpha value is -2.89. The van der Waals surface area contributed by atoms with Gasteiger partial charge in [-0.3, -0.25) is 14.4 Å². The van der Waals surface area contributed by atoms with Crippen LogP contribution in [-0.2, 0) is 30.7 Å². The van der Waals surface area contributed by atoms with Crippen molar-refractivity contribution in [3.8, 4) is 0 Å². The third-order valence-corrected chi connectivity index (χ3v) is 7.81. The van der Waals surface area contributed by atoms with Crippen LogP contribution in [0.1, 0.15) is 59.2 Å². The van der Waals surface area contributed by atoms with E-state index in [1.54, 1.807) is 11.6 Å². The van der Waals surface area contributed by atoms with Crippen molar-refractivity contribution in [2.75, 3.05) is 13.6 Å². The number of aryl methyl sites for hydroxylation is 2. The minimum atomic E-state index is -0.341. The van der Waals surface area contributed by atoms with Crippen molar-refractivity contribution < 1.29 is 9.59 Å². The average molecular weight is 434 g/mol. The highest BCUT2D eigenvalue weighted by atomic mass is 16.2. The van der Waals surface area contributed by atoms with Crippen LogP contribution in [0.15, 0.2) is 41.3 Å². The molecule has 0 bridgehead atoms. The van der Waals surface area contributed by atoms with Gasteiger partial charge in [0.05, 0.1) is 0 Å². The largest absolute Gasteiger partial charge is 0.355 e. The third kappa shape index (κ3) is 3.65. The predicted molar refractivity (Wildman–Crippen MR) is 122 cm³/mol. The van der Waals surface area contributed by atoms with E-state index in [2.05, 4.69) is 5.32 Å². The summed E-state index contributed by atoms with van der Waals surface area (Å²) in [5.74, 6) is 0.0993. The molecular weight excluding hydrogens is 402 g/mol. The zero-order chi connectivity index (χ0) is 22.3. The van der Waals surface area contributed by atoms with Crippen LogP contribution in [0.5, 0.6) is 0 Å². The first-order valence-electron chi connectivity index (χ1n) is 11.8. The third-order valence-electron chi connectivity index (χ3n) is 7.81. The number of hydrogen-bond acceptors (Lipinski definition) is 3. The average Bonchev–Trinajstić information content (AvgIpc) is 3.32. The van der Waals surface area contributed by atoms with E-state index in [-0.39, 0.29) is 34.3 Å². The molecule has 2 aliphatic carbocycles. The zero-order valence-electron chi connectivity index (χ0n) is 18.7. The van der Waals surface area contributed by atoms with Crippen molar-refractivity contribution in [1.29, 1.82) is 0 Å². The SMILES string of the molecule is CNC(=O)c1c2c(cn(CCc3ccccc3)c1=O)CN(C(=O)C1CC13CCCC3)CC2. The Morgan fingerprint density at radius 2 is 1.91 bits per heavy atom. The van der Waals surface area contributed by atoms with E-state index in [0.29, 0.717) is 32.5 Å². The standard InChI is InChI=1S/C26H31N3O3/c1-27-23(30)22-20-10-14-28(24(31)21-15-26(21)11-5-6-12-26)16-19(20)17-29(25(22)32)13-9-18-7-3-2-4-8-18/h2-4,7-8,17,21H,5-6,9-16H2,1H3,(H,27,30). The molecule has 32 heavy (non-hydrogen) atoms. The number of pyridine rings is 1. The van der Waals surface area contributed by atoms with Crippen molar-refractivity contribution in [1.82, 2.24) is 14.8 Å². The van der Waals surface area contributed by atoms with Gasteiger partial charge in [-0.15, -0.1) is 0 Å². The van der Waals surface area contributed by atoms with E-state index in [0.717, 1.165) is 23.1 Å². The fourth-order valence-corrected chi connectivity index (χ4v) is 5.87. The summed E-state index contributed by atoms with van der Waals surface area (Å²) in [5.41, 5.74) is 3.15. The van der Waals surface area contributed by atoms with E-state index in [4.69, 9.17) is 0 Å². The maximum Gasteiger partial charge on any atom is 0.263 e. The van der Waals surface area contributed by atoms with E-state index in [1.165, 1.54) is 25.7 Å². The maximum absolute atomic E-state index is 13.2. The molecule has 1 aromatic carbocycles. The Bertz CT molecular complexity index is 1100. The minimum absolute atomic E-state index is 0.175. The van der Waals surface area contributed by atoms with Crippen LogP contribution in [0.3, 0.4) is 0 Å². The molecule has 168 valence electrons. The van der Waals surface area contributed by atoms with Gasteiger partial charge >= 0.3 is 0 Å². The Morgan fingerprint density at radius 3 is 2.62 bits per heavy atom. The number of carbonyl (C=O) groups excluding carboxylic acids is 2. The highest BCUT2D eigenvalue weighted by molar-refractivity contribution is 5.95. The highest BCUT2D eigenvalue weighted by Crippen LogP contribution is 2.63. The lowest BCUT2D eigenvalue weighted by Crippen LogP contribution is -2.42.